The fourth-order valence-electron chi connectivity index (χ4n) is 2.31. The van der Waals surface area contributed by atoms with E-state index in [1.54, 1.807) is 16.9 Å². The third-order valence-electron chi connectivity index (χ3n) is 3.48. The van der Waals surface area contributed by atoms with E-state index in [4.69, 9.17) is 12.6 Å². The molecule has 0 bridgehead atoms. The summed E-state index contributed by atoms with van der Waals surface area (Å²) in [5, 5.41) is 11.3. The average Bonchev–Trinajstić information content (AvgIpc) is 2.52. The van der Waals surface area contributed by atoms with E-state index in [1.165, 1.54) is 29.5 Å². The van der Waals surface area contributed by atoms with Crippen LogP contribution in [0.4, 0.5) is 10.5 Å². The van der Waals surface area contributed by atoms with Crippen LogP contribution in [0.5, 0.6) is 0 Å². The second-order valence-electron chi connectivity index (χ2n) is 5.13. The Morgan fingerprint density at radius 3 is 2.68 bits per heavy atom. The highest BCUT2D eigenvalue weighted by molar-refractivity contribution is 8.77. The highest BCUT2D eigenvalue weighted by Crippen LogP contribution is 2.48. The minimum Gasteiger partial charge on any atom is -0.473 e. The lowest BCUT2D eigenvalue weighted by molar-refractivity contribution is -0.385. The zero-order valence-corrected chi connectivity index (χ0v) is 13.5. The number of pyridine rings is 1. The van der Waals surface area contributed by atoms with Crippen LogP contribution in [0.3, 0.4) is 0 Å². The van der Waals surface area contributed by atoms with Gasteiger partial charge in [-0.05, 0) is 29.7 Å². The van der Waals surface area contributed by atoms with Crippen LogP contribution in [-0.4, -0.2) is 35.0 Å². The summed E-state index contributed by atoms with van der Waals surface area (Å²) >= 11 is 0. The van der Waals surface area contributed by atoms with Crippen LogP contribution in [0.1, 0.15) is 32.1 Å². The van der Waals surface area contributed by atoms with Crippen molar-refractivity contribution in [1.82, 2.24) is 4.98 Å². The van der Waals surface area contributed by atoms with E-state index < -0.39 is 10.8 Å². The van der Waals surface area contributed by atoms with Crippen LogP contribution in [-0.2, 0) is 4.74 Å². The van der Waals surface area contributed by atoms with Crippen molar-refractivity contribution in [2.24, 2.45) is 0 Å². The van der Waals surface area contributed by atoms with Crippen molar-refractivity contribution in [2.45, 2.75) is 41.9 Å². The van der Waals surface area contributed by atoms with Crippen molar-refractivity contribution in [3.05, 3.63) is 28.4 Å². The molecular weight excluding hydrogens is 323 g/mol. The van der Waals surface area contributed by atoms with Crippen LogP contribution < -0.4 is 0 Å². The Bertz CT molecular complexity index is 535. The Hall–Kier alpha value is -1.22. The number of aromatic nitrogens is 1. The summed E-state index contributed by atoms with van der Waals surface area (Å²) in [5.41, 5.74) is -0.0289. The van der Waals surface area contributed by atoms with Crippen LogP contribution in [0.15, 0.2) is 23.4 Å². The monoisotopic (exact) mass is 338 g/mol. The van der Waals surface area contributed by atoms with Crippen molar-refractivity contribution in [3.8, 4) is 0 Å². The highest BCUT2D eigenvalue weighted by Gasteiger charge is 2.34. The summed E-state index contributed by atoms with van der Waals surface area (Å²) < 4.78 is 4.85. The molecule has 0 saturated heterocycles. The van der Waals surface area contributed by atoms with Gasteiger partial charge in [0.15, 0.2) is 0 Å². The van der Waals surface area contributed by atoms with Crippen LogP contribution >= 0.6 is 21.6 Å². The molecule has 2 radical (unpaired) electrons. The summed E-state index contributed by atoms with van der Waals surface area (Å²) in [5.74, 6) is -0.760. The predicted molar refractivity (Wildman–Crippen MR) is 87.3 cm³/mol. The van der Waals surface area contributed by atoms with Gasteiger partial charge >= 0.3 is 0 Å². The first kappa shape index (κ1) is 17.1. The number of ether oxygens (including phenoxy) is 1. The zero-order valence-electron chi connectivity index (χ0n) is 11.9. The lowest BCUT2D eigenvalue weighted by Crippen LogP contribution is -2.33. The van der Waals surface area contributed by atoms with Crippen molar-refractivity contribution in [3.63, 3.8) is 0 Å². The van der Waals surface area contributed by atoms with E-state index in [0.717, 1.165) is 25.7 Å². The van der Waals surface area contributed by atoms with Crippen LogP contribution in [0.25, 0.3) is 0 Å². The molecule has 2 rings (SSSR count). The van der Waals surface area contributed by atoms with Gasteiger partial charge in [0.2, 0.25) is 13.7 Å². The molecular formula is C13H15BN2O4S2. The van der Waals surface area contributed by atoms with Gasteiger partial charge in [0.1, 0.15) is 17.8 Å². The first-order valence-corrected chi connectivity index (χ1v) is 9.04. The molecule has 1 fully saturated rings. The maximum Gasteiger partial charge on any atom is 0.287 e. The summed E-state index contributed by atoms with van der Waals surface area (Å²) in [6.45, 7) is 0.285. The number of rotatable bonds is 6. The van der Waals surface area contributed by atoms with Crippen LogP contribution in [0.2, 0.25) is 0 Å². The normalized spacial score (nSPS) is 16.9. The molecule has 1 aliphatic rings. The Kier molecular flexibility index (Phi) is 6.13. The largest absolute Gasteiger partial charge is 0.473 e. The van der Waals surface area contributed by atoms with Crippen molar-refractivity contribution >= 4 is 41.0 Å². The number of carbonyl (C=O) groups is 1. The molecule has 0 amide bonds. The minimum atomic E-state index is -0.760. The van der Waals surface area contributed by atoms with Gasteiger partial charge in [0, 0.05) is 6.07 Å². The lowest BCUT2D eigenvalue weighted by Gasteiger charge is -2.35. The number of nitrogens with zero attached hydrogens (tertiary/aromatic N) is 2. The average molecular weight is 338 g/mol. The molecule has 0 N–H and O–H groups in total. The molecule has 0 unspecified atom stereocenters. The quantitative estimate of drug-likeness (QED) is 0.338. The highest BCUT2D eigenvalue weighted by atomic mass is 33.1. The lowest BCUT2D eigenvalue weighted by atomic mass is 9.89. The maximum atomic E-state index is 10.9. The molecule has 1 aliphatic carbocycles. The first-order valence-electron chi connectivity index (χ1n) is 6.89. The van der Waals surface area contributed by atoms with E-state index in [2.05, 4.69) is 4.98 Å². The van der Waals surface area contributed by atoms with Crippen molar-refractivity contribution in [2.75, 3.05) is 6.61 Å². The molecule has 1 saturated carbocycles. The Morgan fingerprint density at radius 2 is 2.14 bits per heavy atom. The Labute approximate surface area is 137 Å². The number of hydrogen-bond donors (Lipinski definition) is 0. The summed E-state index contributed by atoms with van der Waals surface area (Å²) in [6, 6.07) is 3.06. The van der Waals surface area contributed by atoms with Gasteiger partial charge in [-0.1, -0.05) is 30.1 Å². The van der Waals surface area contributed by atoms with Crippen molar-refractivity contribution in [1.29, 1.82) is 0 Å². The molecule has 1 aromatic heterocycles. The maximum absolute atomic E-state index is 10.9. The number of carbonyl (C=O) groups excluding carboxylic acids is 1. The molecule has 6 nitrogen and oxygen atoms in total. The molecule has 0 spiro atoms. The van der Waals surface area contributed by atoms with Gasteiger partial charge in [0.25, 0.3) is 5.69 Å². The van der Waals surface area contributed by atoms with E-state index in [9.17, 15) is 14.9 Å². The third kappa shape index (κ3) is 4.91. The fraction of sp³-hybridized carbons (Fsp3) is 0.538. The second kappa shape index (κ2) is 7.87. The van der Waals surface area contributed by atoms with E-state index in [0.29, 0.717) is 5.03 Å². The first-order chi connectivity index (χ1) is 10.5. The van der Waals surface area contributed by atoms with E-state index in [1.807, 2.05) is 0 Å². The second-order valence-corrected chi connectivity index (χ2v) is 7.75. The Balaban J connectivity index is 1.98. The summed E-state index contributed by atoms with van der Waals surface area (Å²) in [7, 11) is 8.12. The third-order valence-corrected chi connectivity index (χ3v) is 6.68. The molecule has 116 valence electrons. The summed E-state index contributed by atoms with van der Waals surface area (Å²) in [6.07, 6.45) is 6.50. The number of nitro groups is 1. The zero-order chi connectivity index (χ0) is 16.0. The summed E-state index contributed by atoms with van der Waals surface area (Å²) in [4.78, 5) is 25.1. The van der Waals surface area contributed by atoms with Gasteiger partial charge in [-0.2, -0.15) is 0 Å². The number of hydrogen-bond acceptors (Lipinski definition) is 7. The van der Waals surface area contributed by atoms with Gasteiger partial charge in [0.05, 0.1) is 9.67 Å². The molecule has 0 aromatic carbocycles. The predicted octanol–water partition coefficient (Wildman–Crippen LogP) is 3.74. The SMILES string of the molecule is [B]C(=O)OCC1(SSc2ccc([N+](=O)[O-])cn2)CCCCC1. The molecule has 1 aromatic rings. The molecule has 1 heterocycles. The fourth-order valence-corrected chi connectivity index (χ4v) is 5.08. The van der Waals surface area contributed by atoms with E-state index >= 15 is 0 Å². The smallest absolute Gasteiger partial charge is 0.287 e. The minimum absolute atomic E-state index is 0.0289. The van der Waals surface area contributed by atoms with Gasteiger partial charge in [-0.3, -0.25) is 14.9 Å². The van der Waals surface area contributed by atoms with Gasteiger partial charge in [-0.25, -0.2) is 4.98 Å². The van der Waals surface area contributed by atoms with Gasteiger partial charge < -0.3 is 4.74 Å². The molecule has 22 heavy (non-hydrogen) atoms. The van der Waals surface area contributed by atoms with E-state index in [-0.39, 0.29) is 17.0 Å². The molecule has 9 heteroatoms. The topological polar surface area (TPSA) is 82.3 Å². The van der Waals surface area contributed by atoms with Gasteiger partial charge in [-0.15, -0.1) is 0 Å². The standard InChI is InChI=1S/C13H15BN2O4S2/c14-12(17)20-9-13(6-2-1-3-7-13)22-21-11-5-4-10(8-15-11)16(18)19/h4-5,8H,1-3,6-7,9H2. The Morgan fingerprint density at radius 1 is 1.41 bits per heavy atom. The molecule has 0 aliphatic heterocycles. The van der Waals surface area contributed by atoms with Crippen molar-refractivity contribution < 1.29 is 14.5 Å². The van der Waals surface area contributed by atoms with Crippen LogP contribution in [0, 0.1) is 10.1 Å². The molecule has 0 atom stereocenters.